The van der Waals surface area contributed by atoms with E-state index in [4.69, 9.17) is 5.11 Å². The van der Waals surface area contributed by atoms with Crippen LogP contribution in [0.5, 0.6) is 0 Å². The molecule has 0 aliphatic carbocycles. The van der Waals surface area contributed by atoms with E-state index < -0.39 is 21.8 Å². The highest BCUT2D eigenvalue weighted by Crippen LogP contribution is 2.10. The van der Waals surface area contributed by atoms with Crippen molar-refractivity contribution in [1.82, 2.24) is 5.32 Å². The molecule has 0 atom stereocenters. The molecule has 0 aromatic heterocycles. The molecule has 0 fully saturated rings. The number of sulfone groups is 1. The van der Waals surface area contributed by atoms with Gasteiger partial charge in [-0.2, -0.15) is 0 Å². The van der Waals surface area contributed by atoms with Crippen LogP contribution < -0.4 is 5.32 Å². The van der Waals surface area contributed by atoms with Crippen molar-refractivity contribution in [2.24, 2.45) is 0 Å². The van der Waals surface area contributed by atoms with Gasteiger partial charge in [-0.15, -0.1) is 0 Å². The standard InChI is InChI=1S/C9H9NO5S/c1-16(14,15)7-4-2-6(3-5-7)8(11)10-9(12)13/h2-5H,1H3,(H,10,11)(H,12,13). The van der Waals surface area contributed by atoms with E-state index in [1.54, 1.807) is 5.32 Å². The first kappa shape index (κ1) is 12.2. The minimum Gasteiger partial charge on any atom is -0.465 e. The number of benzene rings is 1. The van der Waals surface area contributed by atoms with Crippen molar-refractivity contribution in [3.05, 3.63) is 29.8 Å². The summed E-state index contributed by atoms with van der Waals surface area (Å²) in [5.41, 5.74) is 0.0785. The van der Waals surface area contributed by atoms with Crippen LogP contribution in [0.1, 0.15) is 10.4 Å². The van der Waals surface area contributed by atoms with Crippen molar-refractivity contribution in [1.29, 1.82) is 0 Å². The monoisotopic (exact) mass is 243 g/mol. The van der Waals surface area contributed by atoms with E-state index >= 15 is 0 Å². The maximum absolute atomic E-state index is 11.2. The molecule has 0 heterocycles. The summed E-state index contributed by atoms with van der Waals surface area (Å²) in [5, 5.41) is 9.95. The summed E-state index contributed by atoms with van der Waals surface area (Å²) in [5.74, 6) is -0.799. The summed E-state index contributed by atoms with van der Waals surface area (Å²) in [6.07, 6.45) is -0.420. The molecule has 2 amide bonds. The van der Waals surface area contributed by atoms with Crippen LogP contribution in [0.2, 0.25) is 0 Å². The van der Waals surface area contributed by atoms with E-state index in [2.05, 4.69) is 0 Å². The zero-order valence-corrected chi connectivity index (χ0v) is 9.11. The Morgan fingerprint density at radius 1 is 1.19 bits per heavy atom. The number of rotatable bonds is 2. The Morgan fingerprint density at radius 2 is 1.69 bits per heavy atom. The van der Waals surface area contributed by atoms with Crippen LogP contribution in [0.4, 0.5) is 4.79 Å². The molecule has 0 saturated heterocycles. The highest BCUT2D eigenvalue weighted by Gasteiger charge is 2.11. The summed E-state index contributed by atoms with van der Waals surface area (Å²) in [6, 6.07) is 4.97. The van der Waals surface area contributed by atoms with Gasteiger partial charge in [0.15, 0.2) is 9.84 Å². The van der Waals surface area contributed by atoms with Crippen LogP contribution in [-0.4, -0.2) is 31.8 Å². The SMILES string of the molecule is CS(=O)(=O)c1ccc(C(=O)NC(=O)O)cc1. The second-order valence-corrected chi connectivity index (χ2v) is 5.07. The second kappa shape index (κ2) is 4.31. The maximum Gasteiger partial charge on any atom is 0.411 e. The van der Waals surface area contributed by atoms with Gasteiger partial charge in [-0.1, -0.05) is 0 Å². The predicted octanol–water partition coefficient (Wildman–Crippen LogP) is 0.498. The van der Waals surface area contributed by atoms with Gasteiger partial charge in [0.05, 0.1) is 4.90 Å². The highest BCUT2D eigenvalue weighted by atomic mass is 32.2. The van der Waals surface area contributed by atoms with Crippen molar-refractivity contribution >= 4 is 21.8 Å². The smallest absolute Gasteiger partial charge is 0.411 e. The number of carbonyl (C=O) groups excluding carboxylic acids is 1. The molecule has 0 aliphatic heterocycles. The van der Waals surface area contributed by atoms with Gasteiger partial charge >= 0.3 is 6.09 Å². The Balaban J connectivity index is 2.96. The lowest BCUT2D eigenvalue weighted by molar-refractivity contribution is 0.0948. The number of imide groups is 1. The Bertz CT molecular complexity index is 517. The summed E-state index contributed by atoms with van der Waals surface area (Å²) in [7, 11) is -3.32. The zero-order valence-electron chi connectivity index (χ0n) is 8.30. The van der Waals surface area contributed by atoms with Crippen LogP contribution in [0.3, 0.4) is 0 Å². The van der Waals surface area contributed by atoms with Gasteiger partial charge in [0, 0.05) is 11.8 Å². The van der Waals surface area contributed by atoms with Crippen molar-refractivity contribution in [3.63, 3.8) is 0 Å². The van der Waals surface area contributed by atoms with Crippen LogP contribution in [0, 0.1) is 0 Å². The number of carboxylic acid groups (broad SMARTS) is 1. The molecular weight excluding hydrogens is 234 g/mol. The molecule has 2 N–H and O–H groups in total. The Hall–Kier alpha value is -1.89. The van der Waals surface area contributed by atoms with Gasteiger partial charge in [-0.05, 0) is 24.3 Å². The molecule has 0 aliphatic rings. The number of hydrogen-bond donors (Lipinski definition) is 2. The van der Waals surface area contributed by atoms with E-state index in [1.165, 1.54) is 24.3 Å². The van der Waals surface area contributed by atoms with Gasteiger partial charge < -0.3 is 5.11 Å². The van der Waals surface area contributed by atoms with E-state index in [0.717, 1.165) is 6.26 Å². The average molecular weight is 243 g/mol. The maximum atomic E-state index is 11.2. The lowest BCUT2D eigenvalue weighted by atomic mass is 10.2. The Kier molecular flexibility index (Phi) is 3.28. The first-order chi connectivity index (χ1) is 7.30. The van der Waals surface area contributed by atoms with Crippen molar-refractivity contribution in [2.75, 3.05) is 6.26 Å². The summed E-state index contributed by atoms with van der Waals surface area (Å²) in [6.45, 7) is 0. The van der Waals surface area contributed by atoms with Crippen LogP contribution >= 0.6 is 0 Å². The molecule has 0 radical (unpaired) electrons. The van der Waals surface area contributed by atoms with Crippen LogP contribution in [-0.2, 0) is 9.84 Å². The van der Waals surface area contributed by atoms with Crippen molar-refractivity contribution < 1.29 is 23.1 Å². The fourth-order valence-corrected chi connectivity index (χ4v) is 1.65. The molecule has 86 valence electrons. The number of carbonyl (C=O) groups is 2. The fraction of sp³-hybridized carbons (Fsp3) is 0.111. The molecule has 1 aromatic rings. The molecule has 16 heavy (non-hydrogen) atoms. The quantitative estimate of drug-likeness (QED) is 0.787. The molecular formula is C9H9NO5S. The van der Waals surface area contributed by atoms with Crippen molar-refractivity contribution in [2.45, 2.75) is 4.90 Å². The molecule has 0 unspecified atom stereocenters. The largest absolute Gasteiger partial charge is 0.465 e. The van der Waals surface area contributed by atoms with Gasteiger partial charge in [-0.3, -0.25) is 10.1 Å². The lowest BCUT2D eigenvalue weighted by Crippen LogP contribution is -2.28. The highest BCUT2D eigenvalue weighted by molar-refractivity contribution is 7.90. The minimum atomic E-state index is -3.32. The Morgan fingerprint density at radius 3 is 2.06 bits per heavy atom. The molecule has 0 bridgehead atoms. The summed E-state index contributed by atoms with van der Waals surface area (Å²) in [4.78, 5) is 21.4. The normalized spacial score (nSPS) is 10.8. The van der Waals surface area contributed by atoms with Gasteiger partial charge in [0.1, 0.15) is 0 Å². The molecule has 7 heteroatoms. The van der Waals surface area contributed by atoms with Crippen molar-refractivity contribution in [3.8, 4) is 0 Å². The summed E-state index contributed by atoms with van der Waals surface area (Å²) >= 11 is 0. The molecule has 1 aromatic carbocycles. The third-order valence-electron chi connectivity index (χ3n) is 1.77. The first-order valence-corrected chi connectivity index (χ1v) is 6.04. The minimum absolute atomic E-state index is 0.0689. The third kappa shape index (κ3) is 3.06. The van der Waals surface area contributed by atoms with Crippen LogP contribution in [0.25, 0.3) is 0 Å². The number of hydrogen-bond acceptors (Lipinski definition) is 4. The topological polar surface area (TPSA) is 101 Å². The van der Waals surface area contributed by atoms with E-state index in [-0.39, 0.29) is 10.5 Å². The van der Waals surface area contributed by atoms with Gasteiger partial charge in [0.25, 0.3) is 5.91 Å². The van der Waals surface area contributed by atoms with Gasteiger partial charge in [-0.25, -0.2) is 13.2 Å². The van der Waals surface area contributed by atoms with E-state index in [1.807, 2.05) is 0 Å². The van der Waals surface area contributed by atoms with E-state index in [0.29, 0.717) is 0 Å². The van der Waals surface area contributed by atoms with E-state index in [9.17, 15) is 18.0 Å². The number of nitrogens with one attached hydrogen (secondary N) is 1. The lowest BCUT2D eigenvalue weighted by Gasteiger charge is -2.01. The number of amides is 2. The predicted molar refractivity (Wildman–Crippen MR) is 55.0 cm³/mol. The zero-order chi connectivity index (χ0) is 12.3. The Labute approximate surface area is 91.8 Å². The molecule has 0 saturated carbocycles. The van der Waals surface area contributed by atoms with Gasteiger partial charge in [0.2, 0.25) is 0 Å². The molecule has 0 spiro atoms. The second-order valence-electron chi connectivity index (χ2n) is 3.06. The molecule has 1 rings (SSSR count). The summed E-state index contributed by atoms with van der Waals surface area (Å²) < 4.78 is 22.2. The fourth-order valence-electron chi connectivity index (χ4n) is 1.02. The molecule has 6 nitrogen and oxygen atoms in total. The van der Waals surface area contributed by atoms with Crippen LogP contribution in [0.15, 0.2) is 29.2 Å². The first-order valence-electron chi connectivity index (χ1n) is 4.15. The average Bonchev–Trinajstić information content (AvgIpc) is 2.15. The third-order valence-corrected chi connectivity index (χ3v) is 2.89.